The van der Waals surface area contributed by atoms with Gasteiger partial charge in [-0.3, -0.25) is 4.79 Å². The van der Waals surface area contributed by atoms with Crippen molar-refractivity contribution in [3.8, 4) is 5.75 Å². The number of nitrogens with zero attached hydrogens (tertiary/aromatic N) is 1. The van der Waals surface area contributed by atoms with E-state index in [2.05, 4.69) is 6.92 Å². The fraction of sp³-hybridized carbons (Fsp3) is 0.588. The molecule has 2 N–H and O–H groups in total. The fourth-order valence-electron chi connectivity index (χ4n) is 2.69. The van der Waals surface area contributed by atoms with Crippen molar-refractivity contribution in [1.29, 1.82) is 0 Å². The molecule has 0 bridgehead atoms. The Morgan fingerprint density at radius 3 is 2.86 bits per heavy atom. The smallest absolute Gasteiger partial charge is 0.254 e. The SMILES string of the molecule is CCCOc1cc(C(=O)N2CCCC(N)C2)cc(C)c1C. The minimum absolute atomic E-state index is 0.0644. The van der Waals surface area contributed by atoms with Gasteiger partial charge in [-0.1, -0.05) is 6.92 Å². The van der Waals surface area contributed by atoms with E-state index < -0.39 is 0 Å². The van der Waals surface area contributed by atoms with Crippen LogP contribution in [0.5, 0.6) is 5.75 Å². The number of amides is 1. The lowest BCUT2D eigenvalue weighted by atomic mass is 10.0. The Bertz CT molecular complexity index is 514. The number of benzene rings is 1. The summed E-state index contributed by atoms with van der Waals surface area (Å²) >= 11 is 0. The normalized spacial score (nSPS) is 18.7. The van der Waals surface area contributed by atoms with Crippen LogP contribution in [0.2, 0.25) is 0 Å². The van der Waals surface area contributed by atoms with E-state index >= 15 is 0 Å². The zero-order valence-electron chi connectivity index (χ0n) is 13.3. The molecule has 0 aliphatic carbocycles. The zero-order chi connectivity index (χ0) is 15.4. The molecule has 4 nitrogen and oxygen atoms in total. The van der Waals surface area contributed by atoms with E-state index in [1.54, 1.807) is 0 Å². The second-order valence-electron chi connectivity index (χ2n) is 5.92. The monoisotopic (exact) mass is 290 g/mol. The van der Waals surface area contributed by atoms with Crippen LogP contribution in [-0.4, -0.2) is 36.5 Å². The molecule has 1 saturated heterocycles. The molecule has 1 aliphatic heterocycles. The number of rotatable bonds is 4. The van der Waals surface area contributed by atoms with E-state index in [-0.39, 0.29) is 11.9 Å². The standard InChI is InChI=1S/C17H26N2O2/c1-4-8-21-16-10-14(9-12(2)13(16)3)17(20)19-7-5-6-15(18)11-19/h9-10,15H,4-8,11,18H2,1-3H3. The highest BCUT2D eigenvalue weighted by Crippen LogP contribution is 2.25. The van der Waals surface area contributed by atoms with Crippen molar-refractivity contribution >= 4 is 5.91 Å². The molecule has 0 radical (unpaired) electrons. The van der Waals surface area contributed by atoms with Gasteiger partial charge in [0.25, 0.3) is 5.91 Å². The van der Waals surface area contributed by atoms with Gasteiger partial charge in [0.15, 0.2) is 0 Å². The van der Waals surface area contributed by atoms with Crippen molar-refractivity contribution in [3.05, 3.63) is 28.8 Å². The number of nitrogens with two attached hydrogens (primary N) is 1. The van der Waals surface area contributed by atoms with Crippen LogP contribution in [0, 0.1) is 13.8 Å². The molecule has 1 amide bonds. The maximum atomic E-state index is 12.6. The number of ether oxygens (including phenoxy) is 1. The van der Waals surface area contributed by atoms with Gasteiger partial charge in [0.05, 0.1) is 6.61 Å². The van der Waals surface area contributed by atoms with Gasteiger partial charge in [-0.05, 0) is 56.4 Å². The molecule has 1 atom stereocenters. The quantitative estimate of drug-likeness (QED) is 0.927. The summed E-state index contributed by atoms with van der Waals surface area (Å²) in [5.41, 5.74) is 8.88. The molecule has 0 spiro atoms. The Morgan fingerprint density at radius 2 is 2.19 bits per heavy atom. The number of carbonyl (C=O) groups excluding carboxylic acids is 1. The molecular formula is C17H26N2O2. The summed E-state index contributed by atoms with van der Waals surface area (Å²) in [5, 5.41) is 0. The first-order valence-corrected chi connectivity index (χ1v) is 7.81. The second-order valence-corrected chi connectivity index (χ2v) is 5.92. The van der Waals surface area contributed by atoms with Crippen molar-refractivity contribution in [1.82, 2.24) is 4.90 Å². The van der Waals surface area contributed by atoms with Gasteiger partial charge in [0, 0.05) is 24.7 Å². The van der Waals surface area contributed by atoms with Crippen molar-refractivity contribution in [2.45, 2.75) is 46.1 Å². The summed E-state index contributed by atoms with van der Waals surface area (Å²) < 4.78 is 5.77. The van der Waals surface area contributed by atoms with Crippen LogP contribution in [0.4, 0.5) is 0 Å². The molecule has 1 aliphatic rings. The summed E-state index contributed by atoms with van der Waals surface area (Å²) in [6, 6.07) is 3.93. The molecule has 1 heterocycles. The number of carbonyl (C=O) groups is 1. The van der Waals surface area contributed by atoms with Gasteiger partial charge < -0.3 is 15.4 Å². The van der Waals surface area contributed by atoms with Crippen LogP contribution in [0.25, 0.3) is 0 Å². The van der Waals surface area contributed by atoms with E-state index in [1.165, 1.54) is 0 Å². The summed E-state index contributed by atoms with van der Waals surface area (Å²) in [6.07, 6.45) is 2.94. The Balaban J connectivity index is 2.22. The molecule has 1 fully saturated rings. The summed E-state index contributed by atoms with van der Waals surface area (Å²) in [7, 11) is 0. The fourth-order valence-corrected chi connectivity index (χ4v) is 2.69. The number of likely N-dealkylation sites (tertiary alicyclic amines) is 1. The van der Waals surface area contributed by atoms with Crippen LogP contribution in [-0.2, 0) is 0 Å². The minimum atomic E-state index is 0.0644. The Morgan fingerprint density at radius 1 is 1.43 bits per heavy atom. The first kappa shape index (κ1) is 15.8. The van der Waals surface area contributed by atoms with Crippen LogP contribution >= 0.6 is 0 Å². The van der Waals surface area contributed by atoms with E-state index in [0.29, 0.717) is 18.7 Å². The van der Waals surface area contributed by atoms with Gasteiger partial charge in [0.1, 0.15) is 5.75 Å². The van der Waals surface area contributed by atoms with Crippen LogP contribution in [0.3, 0.4) is 0 Å². The van der Waals surface area contributed by atoms with Gasteiger partial charge in [-0.15, -0.1) is 0 Å². The third kappa shape index (κ3) is 3.76. The predicted octanol–water partition coefficient (Wildman–Crippen LogP) is 2.66. The first-order valence-electron chi connectivity index (χ1n) is 7.81. The zero-order valence-corrected chi connectivity index (χ0v) is 13.3. The molecule has 1 aromatic rings. The summed E-state index contributed by atoms with van der Waals surface area (Å²) in [5.74, 6) is 0.885. The molecule has 1 aromatic carbocycles. The number of aryl methyl sites for hydroxylation is 1. The average molecular weight is 290 g/mol. The molecule has 4 heteroatoms. The van der Waals surface area contributed by atoms with Crippen LogP contribution in [0.1, 0.15) is 47.7 Å². The minimum Gasteiger partial charge on any atom is -0.493 e. The highest BCUT2D eigenvalue weighted by molar-refractivity contribution is 5.95. The van der Waals surface area contributed by atoms with E-state index in [0.717, 1.165) is 42.7 Å². The average Bonchev–Trinajstić information content (AvgIpc) is 2.48. The highest BCUT2D eigenvalue weighted by atomic mass is 16.5. The predicted molar refractivity (Wildman–Crippen MR) is 84.8 cm³/mol. The van der Waals surface area contributed by atoms with Crippen molar-refractivity contribution in [2.24, 2.45) is 5.73 Å². The maximum absolute atomic E-state index is 12.6. The van der Waals surface area contributed by atoms with Gasteiger partial charge in [-0.25, -0.2) is 0 Å². The molecule has 21 heavy (non-hydrogen) atoms. The maximum Gasteiger partial charge on any atom is 0.254 e. The number of hydrogen-bond donors (Lipinski definition) is 1. The third-order valence-corrected chi connectivity index (χ3v) is 4.07. The van der Waals surface area contributed by atoms with Crippen LogP contribution < -0.4 is 10.5 Å². The number of hydrogen-bond acceptors (Lipinski definition) is 3. The Kier molecular flexibility index (Phi) is 5.23. The van der Waals surface area contributed by atoms with E-state index in [9.17, 15) is 4.79 Å². The molecular weight excluding hydrogens is 264 g/mol. The lowest BCUT2D eigenvalue weighted by molar-refractivity contribution is 0.0708. The van der Waals surface area contributed by atoms with E-state index in [4.69, 9.17) is 10.5 Å². The van der Waals surface area contributed by atoms with Gasteiger partial charge in [-0.2, -0.15) is 0 Å². The molecule has 0 aromatic heterocycles. The largest absolute Gasteiger partial charge is 0.493 e. The highest BCUT2D eigenvalue weighted by Gasteiger charge is 2.23. The summed E-state index contributed by atoms with van der Waals surface area (Å²) in [4.78, 5) is 14.5. The lowest BCUT2D eigenvalue weighted by Crippen LogP contribution is -2.45. The van der Waals surface area contributed by atoms with E-state index in [1.807, 2.05) is 30.9 Å². The molecule has 1 unspecified atom stereocenters. The Labute approximate surface area is 127 Å². The first-order chi connectivity index (χ1) is 10.0. The van der Waals surface area contributed by atoms with Crippen molar-refractivity contribution < 1.29 is 9.53 Å². The second kappa shape index (κ2) is 6.94. The third-order valence-electron chi connectivity index (χ3n) is 4.07. The summed E-state index contributed by atoms with van der Waals surface area (Å²) in [6.45, 7) is 8.25. The van der Waals surface area contributed by atoms with Gasteiger partial charge >= 0.3 is 0 Å². The van der Waals surface area contributed by atoms with Crippen LogP contribution in [0.15, 0.2) is 12.1 Å². The van der Waals surface area contributed by atoms with Gasteiger partial charge in [0.2, 0.25) is 0 Å². The van der Waals surface area contributed by atoms with Crippen molar-refractivity contribution in [3.63, 3.8) is 0 Å². The van der Waals surface area contributed by atoms with Crippen molar-refractivity contribution in [2.75, 3.05) is 19.7 Å². The molecule has 116 valence electrons. The Hall–Kier alpha value is -1.55. The molecule has 0 saturated carbocycles. The topological polar surface area (TPSA) is 55.6 Å². The number of piperidine rings is 1. The molecule has 2 rings (SSSR count). The lowest BCUT2D eigenvalue weighted by Gasteiger charge is -2.31.